The maximum atomic E-state index is 9.09. The van der Waals surface area contributed by atoms with Gasteiger partial charge in [0, 0.05) is 6.20 Å². The number of hydrogen-bond donors (Lipinski definition) is 1. The van der Waals surface area contributed by atoms with Crippen LogP contribution in [0.25, 0.3) is 0 Å². The Balaban J connectivity index is 1.97. The predicted molar refractivity (Wildman–Crippen MR) is 78.5 cm³/mol. The van der Waals surface area contributed by atoms with E-state index in [1.807, 2.05) is 41.2 Å². The van der Waals surface area contributed by atoms with Crippen molar-refractivity contribution in [3.63, 3.8) is 0 Å². The van der Waals surface area contributed by atoms with Crippen LogP contribution >= 0.6 is 0 Å². The predicted octanol–water partition coefficient (Wildman–Crippen LogP) is 3.32. The molecule has 4 nitrogen and oxygen atoms in total. The third-order valence-electron chi connectivity index (χ3n) is 3.45. The van der Waals surface area contributed by atoms with Gasteiger partial charge in [-0.3, -0.25) is 4.68 Å². The van der Waals surface area contributed by atoms with Crippen LogP contribution in [0.15, 0.2) is 36.5 Å². The van der Waals surface area contributed by atoms with Crippen molar-refractivity contribution in [3.8, 4) is 5.75 Å². The quantitative estimate of drug-likeness (QED) is 0.842. The molecule has 0 radical (unpaired) electrons. The van der Waals surface area contributed by atoms with Crippen LogP contribution in [0, 0.1) is 0 Å². The third kappa shape index (κ3) is 3.61. The summed E-state index contributed by atoms with van der Waals surface area (Å²) in [6, 6.07) is 9.93. The first-order chi connectivity index (χ1) is 9.76. The molecule has 0 atom stereocenters. The van der Waals surface area contributed by atoms with Crippen LogP contribution in [0.3, 0.4) is 0 Å². The molecule has 0 amide bonds. The molecule has 2 rings (SSSR count). The number of aromatic nitrogens is 2. The fourth-order valence-corrected chi connectivity index (χ4v) is 2.21. The summed E-state index contributed by atoms with van der Waals surface area (Å²) in [7, 11) is 0. The van der Waals surface area contributed by atoms with Crippen LogP contribution < -0.4 is 4.74 Å². The average molecular weight is 274 g/mol. The molecular formula is C16H22N2O2. The molecule has 0 aliphatic carbocycles. The van der Waals surface area contributed by atoms with Crippen LogP contribution in [0.5, 0.6) is 5.75 Å². The lowest BCUT2D eigenvalue weighted by atomic mass is 10.2. The van der Waals surface area contributed by atoms with Crippen LogP contribution in [-0.4, -0.2) is 14.9 Å². The van der Waals surface area contributed by atoms with E-state index in [4.69, 9.17) is 9.84 Å². The molecule has 20 heavy (non-hydrogen) atoms. The Morgan fingerprint density at radius 1 is 1.25 bits per heavy atom. The zero-order valence-corrected chi connectivity index (χ0v) is 12.1. The highest BCUT2D eigenvalue weighted by Crippen LogP contribution is 2.17. The van der Waals surface area contributed by atoms with Crippen molar-refractivity contribution in [2.75, 3.05) is 0 Å². The minimum atomic E-state index is 0.0283. The van der Waals surface area contributed by atoms with Gasteiger partial charge in [0.1, 0.15) is 12.4 Å². The molecule has 0 saturated heterocycles. The Bertz CT molecular complexity index is 533. The molecule has 0 aliphatic heterocycles. The van der Waals surface area contributed by atoms with E-state index in [9.17, 15) is 0 Å². The Morgan fingerprint density at radius 3 is 2.75 bits per heavy atom. The Kier molecular flexibility index (Phi) is 5.18. The lowest BCUT2D eigenvalue weighted by Gasteiger charge is -2.12. The van der Waals surface area contributed by atoms with Gasteiger partial charge in [0.2, 0.25) is 0 Å². The van der Waals surface area contributed by atoms with E-state index < -0.39 is 0 Å². The van der Waals surface area contributed by atoms with E-state index in [1.165, 1.54) is 0 Å². The molecular weight excluding hydrogens is 252 g/mol. The van der Waals surface area contributed by atoms with Gasteiger partial charge >= 0.3 is 0 Å². The van der Waals surface area contributed by atoms with Crippen molar-refractivity contribution in [1.82, 2.24) is 9.78 Å². The maximum Gasteiger partial charge on any atom is 0.132 e. The standard InChI is InChI=1S/C16H22N2O2/c1-3-15(4-2)18-9-8-14(17-18)12-20-16-7-5-6-13(10-16)11-19/h5-10,15,19H,3-4,11-12H2,1-2H3. The first-order valence-electron chi connectivity index (χ1n) is 7.13. The molecule has 0 fully saturated rings. The number of aliphatic hydroxyl groups excluding tert-OH is 1. The lowest BCUT2D eigenvalue weighted by Crippen LogP contribution is -2.08. The molecule has 0 aliphatic rings. The van der Waals surface area contributed by atoms with Gasteiger partial charge in [0.15, 0.2) is 0 Å². The highest BCUT2D eigenvalue weighted by atomic mass is 16.5. The molecule has 1 N–H and O–H groups in total. The summed E-state index contributed by atoms with van der Waals surface area (Å²) in [5, 5.41) is 13.6. The fraction of sp³-hybridized carbons (Fsp3) is 0.438. The molecule has 108 valence electrons. The second-order valence-corrected chi connectivity index (χ2v) is 4.85. The molecule has 2 aromatic rings. The third-order valence-corrected chi connectivity index (χ3v) is 3.45. The average Bonchev–Trinajstić information content (AvgIpc) is 2.95. The molecule has 0 saturated carbocycles. The summed E-state index contributed by atoms with van der Waals surface area (Å²) in [4.78, 5) is 0. The first kappa shape index (κ1) is 14.6. The minimum absolute atomic E-state index is 0.0283. The number of rotatable bonds is 7. The molecule has 1 aromatic heterocycles. The van der Waals surface area contributed by atoms with Crippen molar-refractivity contribution in [3.05, 3.63) is 47.8 Å². The van der Waals surface area contributed by atoms with Crippen LogP contribution in [0.4, 0.5) is 0 Å². The number of nitrogens with zero attached hydrogens (tertiary/aromatic N) is 2. The van der Waals surface area contributed by atoms with Gasteiger partial charge < -0.3 is 9.84 Å². The van der Waals surface area contributed by atoms with Gasteiger partial charge in [0.25, 0.3) is 0 Å². The van der Waals surface area contributed by atoms with Crippen molar-refractivity contribution in [2.24, 2.45) is 0 Å². The Labute approximate surface area is 120 Å². The monoisotopic (exact) mass is 274 g/mol. The number of ether oxygens (including phenoxy) is 1. The van der Waals surface area contributed by atoms with E-state index in [0.29, 0.717) is 12.6 Å². The van der Waals surface area contributed by atoms with Gasteiger partial charge in [0.05, 0.1) is 18.3 Å². The Morgan fingerprint density at radius 2 is 2.05 bits per heavy atom. The van der Waals surface area contributed by atoms with Crippen LogP contribution in [0.1, 0.15) is 44.0 Å². The second kappa shape index (κ2) is 7.10. The molecule has 0 bridgehead atoms. The largest absolute Gasteiger partial charge is 0.487 e. The summed E-state index contributed by atoms with van der Waals surface area (Å²) in [5.74, 6) is 0.758. The fourth-order valence-electron chi connectivity index (χ4n) is 2.21. The van der Waals surface area contributed by atoms with Gasteiger partial charge in [-0.25, -0.2) is 0 Å². The number of hydrogen-bond acceptors (Lipinski definition) is 3. The van der Waals surface area contributed by atoms with Crippen molar-refractivity contribution in [2.45, 2.75) is 45.9 Å². The van der Waals surface area contributed by atoms with Crippen molar-refractivity contribution >= 4 is 0 Å². The van der Waals surface area contributed by atoms with Gasteiger partial charge in [-0.1, -0.05) is 26.0 Å². The topological polar surface area (TPSA) is 47.3 Å². The van der Waals surface area contributed by atoms with Crippen LogP contribution in [0.2, 0.25) is 0 Å². The number of benzene rings is 1. The molecule has 0 spiro atoms. The Hall–Kier alpha value is -1.81. The van der Waals surface area contributed by atoms with Crippen molar-refractivity contribution in [1.29, 1.82) is 0 Å². The highest BCUT2D eigenvalue weighted by molar-refractivity contribution is 5.28. The van der Waals surface area contributed by atoms with E-state index in [2.05, 4.69) is 18.9 Å². The number of aliphatic hydroxyl groups is 1. The van der Waals surface area contributed by atoms with Crippen LogP contribution in [-0.2, 0) is 13.2 Å². The highest BCUT2D eigenvalue weighted by Gasteiger charge is 2.08. The van der Waals surface area contributed by atoms with E-state index in [0.717, 1.165) is 29.8 Å². The summed E-state index contributed by atoms with van der Waals surface area (Å²) < 4.78 is 7.72. The zero-order valence-electron chi connectivity index (χ0n) is 12.1. The SMILES string of the molecule is CCC(CC)n1ccc(COc2cccc(CO)c2)n1. The minimum Gasteiger partial charge on any atom is -0.487 e. The van der Waals surface area contributed by atoms with E-state index >= 15 is 0 Å². The summed E-state index contributed by atoms with van der Waals surface area (Å²) >= 11 is 0. The summed E-state index contributed by atoms with van der Waals surface area (Å²) in [5.41, 5.74) is 1.77. The lowest BCUT2D eigenvalue weighted by molar-refractivity contribution is 0.276. The molecule has 0 unspecified atom stereocenters. The van der Waals surface area contributed by atoms with Crippen molar-refractivity contribution < 1.29 is 9.84 Å². The zero-order chi connectivity index (χ0) is 14.4. The normalized spacial score (nSPS) is 11.0. The second-order valence-electron chi connectivity index (χ2n) is 4.85. The maximum absolute atomic E-state index is 9.09. The smallest absolute Gasteiger partial charge is 0.132 e. The van der Waals surface area contributed by atoms with Gasteiger partial charge in [-0.2, -0.15) is 5.10 Å². The van der Waals surface area contributed by atoms with E-state index in [-0.39, 0.29) is 6.61 Å². The van der Waals surface area contributed by atoms with E-state index in [1.54, 1.807) is 0 Å². The van der Waals surface area contributed by atoms with Gasteiger partial charge in [-0.15, -0.1) is 0 Å². The molecule has 4 heteroatoms. The van der Waals surface area contributed by atoms with Gasteiger partial charge in [-0.05, 0) is 36.6 Å². The first-order valence-corrected chi connectivity index (χ1v) is 7.13. The summed E-state index contributed by atoms with van der Waals surface area (Å²) in [6.45, 7) is 4.82. The molecule has 1 heterocycles. The molecule has 1 aromatic carbocycles. The summed E-state index contributed by atoms with van der Waals surface area (Å²) in [6.07, 6.45) is 4.18.